The van der Waals surface area contributed by atoms with Gasteiger partial charge in [-0.1, -0.05) is 19.1 Å². The minimum Gasteiger partial charge on any atom is -0.373 e. The van der Waals surface area contributed by atoms with Crippen LogP contribution in [0.2, 0.25) is 5.54 Å². The van der Waals surface area contributed by atoms with Crippen molar-refractivity contribution in [1.29, 1.82) is 0 Å². The molecule has 4 bridgehead atoms. The fourth-order valence-electron chi connectivity index (χ4n) is 3.83. The van der Waals surface area contributed by atoms with Gasteiger partial charge in [-0.2, -0.15) is 0 Å². The Morgan fingerprint density at radius 2 is 1.82 bits per heavy atom. The van der Waals surface area contributed by atoms with Crippen LogP contribution in [-0.4, -0.2) is 28.6 Å². The molecule has 4 heteroatoms. The van der Waals surface area contributed by atoms with Crippen molar-refractivity contribution in [2.24, 2.45) is 17.3 Å². The molecule has 3 unspecified atom stereocenters. The number of rotatable bonds is 2. The predicted molar refractivity (Wildman–Crippen MR) is 65.4 cm³/mol. The molecular weight excluding hydrogens is 232 g/mol. The van der Waals surface area contributed by atoms with Gasteiger partial charge in [0, 0.05) is 30.8 Å². The molecule has 2 aliphatic carbocycles. The molecule has 1 saturated carbocycles. The summed E-state index contributed by atoms with van der Waals surface area (Å²) < 4.78 is 18.5. The van der Waals surface area contributed by atoms with Gasteiger partial charge in [0.05, 0.1) is 0 Å². The second kappa shape index (κ2) is 3.44. The lowest BCUT2D eigenvalue weighted by atomic mass is 9.88. The van der Waals surface area contributed by atoms with Crippen molar-refractivity contribution < 1.29 is 13.3 Å². The normalized spacial score (nSPS) is 55.7. The molecule has 3 aliphatic heterocycles. The molecule has 0 N–H and O–H groups in total. The van der Waals surface area contributed by atoms with Crippen molar-refractivity contribution in [3.63, 3.8) is 0 Å². The SMILES string of the molecule is CCC12CO[Si](C3CC4C=CC3C4)(OC1)OC2. The van der Waals surface area contributed by atoms with E-state index < -0.39 is 8.80 Å². The first-order chi connectivity index (χ1) is 8.25. The van der Waals surface area contributed by atoms with Gasteiger partial charge in [-0.05, 0) is 31.1 Å². The standard InChI is InChI=1S/C13H20O3Si/c1-2-13-7-14-17(15-8-13,16-9-13)12-6-10-3-4-11(12)5-10/h3-4,10-12H,2,5-9H2,1H3. The van der Waals surface area contributed by atoms with E-state index in [-0.39, 0.29) is 5.41 Å². The zero-order chi connectivity index (χ0) is 11.5. The largest absolute Gasteiger partial charge is 0.504 e. The third-order valence-electron chi connectivity index (χ3n) is 5.22. The van der Waals surface area contributed by atoms with Gasteiger partial charge in [-0.25, -0.2) is 0 Å². The second-order valence-corrected chi connectivity index (χ2v) is 9.02. The van der Waals surface area contributed by atoms with Gasteiger partial charge in [-0.15, -0.1) is 0 Å². The van der Waals surface area contributed by atoms with Gasteiger partial charge in [0.1, 0.15) is 0 Å². The Morgan fingerprint density at radius 1 is 1.12 bits per heavy atom. The van der Waals surface area contributed by atoms with E-state index in [1.165, 1.54) is 12.8 Å². The first-order valence-electron chi connectivity index (χ1n) is 6.85. The Hall–Kier alpha value is -0.163. The average Bonchev–Trinajstić information content (AvgIpc) is 3.03. The molecule has 94 valence electrons. The monoisotopic (exact) mass is 252 g/mol. The fourth-order valence-corrected chi connectivity index (χ4v) is 7.60. The summed E-state index contributed by atoms with van der Waals surface area (Å²) in [5, 5.41) is 0. The maximum Gasteiger partial charge on any atom is 0.504 e. The number of allylic oxidation sites excluding steroid dienone is 2. The van der Waals surface area contributed by atoms with Gasteiger partial charge in [0.25, 0.3) is 0 Å². The summed E-state index contributed by atoms with van der Waals surface area (Å²) in [6, 6.07) is 0. The molecule has 5 rings (SSSR count). The van der Waals surface area contributed by atoms with E-state index >= 15 is 0 Å². The highest BCUT2D eigenvalue weighted by Crippen LogP contribution is 2.55. The summed E-state index contributed by atoms with van der Waals surface area (Å²) in [4.78, 5) is 0. The summed E-state index contributed by atoms with van der Waals surface area (Å²) in [5.41, 5.74) is 0.704. The van der Waals surface area contributed by atoms with Crippen LogP contribution in [-0.2, 0) is 13.3 Å². The molecule has 17 heavy (non-hydrogen) atoms. The van der Waals surface area contributed by atoms with Gasteiger partial charge >= 0.3 is 8.80 Å². The first kappa shape index (κ1) is 10.7. The molecule has 3 saturated heterocycles. The van der Waals surface area contributed by atoms with E-state index in [0.717, 1.165) is 32.2 Å². The molecule has 0 amide bonds. The van der Waals surface area contributed by atoms with Crippen LogP contribution in [0.25, 0.3) is 0 Å². The van der Waals surface area contributed by atoms with E-state index in [1.807, 2.05) is 0 Å². The highest BCUT2D eigenvalue weighted by molar-refractivity contribution is 6.63. The maximum absolute atomic E-state index is 6.16. The van der Waals surface area contributed by atoms with Gasteiger partial charge in [-0.3, -0.25) is 0 Å². The van der Waals surface area contributed by atoms with Crippen molar-refractivity contribution in [1.82, 2.24) is 0 Å². The summed E-state index contributed by atoms with van der Waals surface area (Å²) >= 11 is 0. The first-order valence-corrected chi connectivity index (χ1v) is 8.66. The van der Waals surface area contributed by atoms with Gasteiger partial charge in [0.2, 0.25) is 0 Å². The summed E-state index contributed by atoms with van der Waals surface area (Å²) in [5.74, 6) is 1.43. The van der Waals surface area contributed by atoms with Crippen LogP contribution in [0.5, 0.6) is 0 Å². The molecule has 3 atom stereocenters. The Labute approximate surface area is 103 Å². The van der Waals surface area contributed by atoms with Crippen LogP contribution >= 0.6 is 0 Å². The molecule has 3 nitrogen and oxygen atoms in total. The Balaban J connectivity index is 1.58. The molecule has 3 heterocycles. The smallest absolute Gasteiger partial charge is 0.373 e. The van der Waals surface area contributed by atoms with E-state index in [2.05, 4.69) is 19.1 Å². The Bertz CT molecular complexity index is 343. The Kier molecular flexibility index (Phi) is 2.17. The Morgan fingerprint density at radius 3 is 2.29 bits per heavy atom. The summed E-state index contributed by atoms with van der Waals surface area (Å²) in [6.45, 7) is 4.81. The minimum absolute atomic E-state index is 0.155. The highest BCUT2D eigenvalue weighted by atomic mass is 28.4. The molecule has 0 aromatic carbocycles. The lowest BCUT2D eigenvalue weighted by Crippen LogP contribution is -2.66. The zero-order valence-corrected chi connectivity index (χ0v) is 11.4. The molecule has 5 aliphatic rings. The van der Waals surface area contributed by atoms with Gasteiger partial charge in [0.15, 0.2) is 0 Å². The van der Waals surface area contributed by atoms with Crippen LogP contribution in [0.4, 0.5) is 0 Å². The van der Waals surface area contributed by atoms with Crippen LogP contribution in [0.3, 0.4) is 0 Å². The van der Waals surface area contributed by atoms with Crippen molar-refractivity contribution in [2.45, 2.75) is 31.7 Å². The van der Waals surface area contributed by atoms with Crippen molar-refractivity contribution in [2.75, 3.05) is 19.8 Å². The van der Waals surface area contributed by atoms with Crippen LogP contribution < -0.4 is 0 Å². The second-order valence-electron chi connectivity index (χ2n) is 6.21. The van der Waals surface area contributed by atoms with E-state index in [0.29, 0.717) is 11.5 Å². The third-order valence-corrected chi connectivity index (χ3v) is 8.43. The molecule has 0 aromatic heterocycles. The van der Waals surface area contributed by atoms with Crippen LogP contribution in [0.15, 0.2) is 12.2 Å². The van der Waals surface area contributed by atoms with Crippen LogP contribution in [0.1, 0.15) is 26.2 Å². The van der Waals surface area contributed by atoms with E-state index in [4.69, 9.17) is 13.3 Å². The fraction of sp³-hybridized carbons (Fsp3) is 0.846. The molecular formula is C13H20O3Si. The number of hydrogen-bond acceptors (Lipinski definition) is 3. The predicted octanol–water partition coefficient (Wildman–Crippen LogP) is 2.36. The zero-order valence-electron chi connectivity index (χ0n) is 10.4. The molecule has 4 fully saturated rings. The van der Waals surface area contributed by atoms with Crippen molar-refractivity contribution in [3.8, 4) is 0 Å². The third kappa shape index (κ3) is 1.38. The topological polar surface area (TPSA) is 27.7 Å². The number of hydrogen-bond donors (Lipinski definition) is 0. The quantitative estimate of drug-likeness (QED) is 0.558. The lowest BCUT2D eigenvalue weighted by Gasteiger charge is -2.52. The van der Waals surface area contributed by atoms with E-state index in [1.54, 1.807) is 0 Å². The minimum atomic E-state index is -2.33. The average molecular weight is 252 g/mol. The van der Waals surface area contributed by atoms with Gasteiger partial charge < -0.3 is 13.3 Å². The van der Waals surface area contributed by atoms with Crippen LogP contribution in [0, 0.1) is 17.3 Å². The molecule has 0 aromatic rings. The highest BCUT2D eigenvalue weighted by Gasteiger charge is 2.63. The van der Waals surface area contributed by atoms with Crippen molar-refractivity contribution in [3.05, 3.63) is 12.2 Å². The summed E-state index contributed by atoms with van der Waals surface area (Å²) in [7, 11) is -2.33. The van der Waals surface area contributed by atoms with Crippen molar-refractivity contribution >= 4 is 8.80 Å². The maximum atomic E-state index is 6.16. The molecule has 0 radical (unpaired) electrons. The van der Waals surface area contributed by atoms with E-state index in [9.17, 15) is 0 Å². The molecule has 0 spiro atoms. The lowest BCUT2D eigenvalue weighted by molar-refractivity contribution is -0.142. The summed E-state index contributed by atoms with van der Waals surface area (Å²) in [6.07, 6.45) is 8.36. The number of fused-ring (bicyclic) bond motifs is 5.